The van der Waals surface area contributed by atoms with Gasteiger partial charge in [-0.2, -0.15) is 0 Å². The van der Waals surface area contributed by atoms with Crippen molar-refractivity contribution in [2.24, 2.45) is 0 Å². The van der Waals surface area contributed by atoms with E-state index in [0.29, 0.717) is 12.8 Å². The molecule has 3 aromatic carbocycles. The molecule has 0 aliphatic heterocycles. The number of thioether (sulfide) groups is 1. The summed E-state index contributed by atoms with van der Waals surface area (Å²) < 4.78 is 25.3. The summed E-state index contributed by atoms with van der Waals surface area (Å²) in [4.78, 5) is 13.7. The second-order valence-electron chi connectivity index (χ2n) is 7.52. The van der Waals surface area contributed by atoms with E-state index in [1.807, 2.05) is 31.2 Å². The number of hydrogen-bond acceptors (Lipinski definition) is 4. The van der Waals surface area contributed by atoms with Crippen molar-refractivity contribution in [2.75, 3.05) is 5.75 Å². The van der Waals surface area contributed by atoms with Gasteiger partial charge in [0, 0.05) is 23.5 Å². The van der Waals surface area contributed by atoms with Crippen molar-refractivity contribution in [3.63, 3.8) is 0 Å². The average Bonchev–Trinajstić information content (AvgIpc) is 2.69. The van der Waals surface area contributed by atoms with Gasteiger partial charge in [0.05, 0.1) is 10.6 Å². The first-order chi connectivity index (χ1) is 14.3. The molecule has 0 amide bonds. The molecule has 0 aromatic heterocycles. The van der Waals surface area contributed by atoms with Gasteiger partial charge in [0.2, 0.25) is 0 Å². The van der Waals surface area contributed by atoms with Gasteiger partial charge in [-0.05, 0) is 49.2 Å². The molecule has 0 atom stereocenters. The maximum absolute atomic E-state index is 12.7. The van der Waals surface area contributed by atoms with Crippen molar-refractivity contribution in [1.82, 2.24) is 0 Å². The van der Waals surface area contributed by atoms with E-state index in [0.717, 1.165) is 27.3 Å². The molecule has 30 heavy (non-hydrogen) atoms. The third-order valence-corrected chi connectivity index (χ3v) is 7.51. The number of benzene rings is 3. The first kappa shape index (κ1) is 22.3. The molecule has 0 aliphatic carbocycles. The second-order valence-corrected chi connectivity index (χ2v) is 10.7. The maximum atomic E-state index is 12.7. The lowest BCUT2D eigenvalue weighted by atomic mass is 10.1. The lowest BCUT2D eigenvalue weighted by Crippen LogP contribution is -2.07. The Morgan fingerprint density at radius 1 is 0.833 bits per heavy atom. The number of carbonyl (C=O) groups excluding carboxylic acids is 1. The van der Waals surface area contributed by atoms with Gasteiger partial charge in [-0.3, -0.25) is 4.79 Å². The Hall–Kier alpha value is -2.37. The minimum atomic E-state index is -3.41. The summed E-state index contributed by atoms with van der Waals surface area (Å²) in [6, 6.07) is 22.5. The van der Waals surface area contributed by atoms with Crippen molar-refractivity contribution < 1.29 is 13.2 Å². The van der Waals surface area contributed by atoms with Crippen LogP contribution in [0, 0.1) is 13.8 Å². The number of aryl methyl sites for hydroxylation is 2. The minimum Gasteiger partial charge on any atom is -0.299 e. The van der Waals surface area contributed by atoms with Crippen LogP contribution in [0.25, 0.3) is 0 Å². The van der Waals surface area contributed by atoms with Gasteiger partial charge < -0.3 is 0 Å². The van der Waals surface area contributed by atoms with E-state index in [4.69, 9.17) is 0 Å². The summed E-state index contributed by atoms with van der Waals surface area (Å²) in [5.74, 6) is 0.874. The number of sulfone groups is 1. The third kappa shape index (κ3) is 6.57. The van der Waals surface area contributed by atoms with Crippen LogP contribution in [-0.2, 0) is 26.8 Å². The lowest BCUT2D eigenvalue weighted by molar-refractivity contribution is -0.118. The smallest absolute Gasteiger partial charge is 0.182 e. The summed E-state index contributed by atoms with van der Waals surface area (Å²) in [7, 11) is -3.41. The van der Waals surface area contributed by atoms with Crippen LogP contribution in [0.3, 0.4) is 0 Å². The minimum absolute atomic E-state index is 0.0246. The molecule has 0 saturated heterocycles. The lowest BCUT2D eigenvalue weighted by Gasteiger charge is -2.07. The molecular weight excluding hydrogens is 412 g/mol. The van der Waals surface area contributed by atoms with E-state index >= 15 is 0 Å². The van der Waals surface area contributed by atoms with E-state index < -0.39 is 9.84 Å². The Morgan fingerprint density at radius 3 is 2.20 bits per heavy atom. The zero-order chi connectivity index (χ0) is 21.6. The largest absolute Gasteiger partial charge is 0.299 e. The number of carbonyl (C=O) groups is 1. The number of ketones is 1. The fourth-order valence-electron chi connectivity index (χ4n) is 3.15. The zero-order valence-corrected chi connectivity index (χ0v) is 18.9. The summed E-state index contributed by atoms with van der Waals surface area (Å²) in [6.07, 6.45) is 0.818. The highest BCUT2D eigenvalue weighted by Crippen LogP contribution is 2.21. The standard InChI is InChI=1S/C25H26O3S2/c1-19-6-10-24(11-7-19)29-15-14-23(26)17-21-8-12-25(13-9-21)30(27,28)18-22-5-3-4-20(2)16-22/h3-13,16H,14-15,17-18H2,1-2H3. The molecule has 0 bridgehead atoms. The van der Waals surface area contributed by atoms with Crippen LogP contribution in [-0.4, -0.2) is 20.0 Å². The van der Waals surface area contributed by atoms with Crippen LogP contribution in [0.2, 0.25) is 0 Å². The SMILES string of the molecule is Cc1ccc(SCCC(=O)Cc2ccc(S(=O)(=O)Cc3cccc(C)c3)cc2)cc1. The first-order valence-corrected chi connectivity index (χ1v) is 12.5. The predicted octanol–water partition coefficient (Wildman–Crippen LogP) is 5.57. The molecule has 0 aliphatic rings. The molecule has 0 fully saturated rings. The van der Waals surface area contributed by atoms with E-state index in [-0.39, 0.29) is 16.4 Å². The van der Waals surface area contributed by atoms with Crippen LogP contribution < -0.4 is 0 Å². The van der Waals surface area contributed by atoms with Crippen LogP contribution in [0.15, 0.2) is 82.6 Å². The van der Waals surface area contributed by atoms with E-state index in [9.17, 15) is 13.2 Å². The van der Waals surface area contributed by atoms with Gasteiger partial charge in [0.1, 0.15) is 5.78 Å². The summed E-state index contributed by atoms with van der Waals surface area (Å²) in [5, 5.41) is 0. The molecule has 0 heterocycles. The highest BCUT2D eigenvalue weighted by molar-refractivity contribution is 7.99. The van der Waals surface area contributed by atoms with Gasteiger partial charge in [-0.25, -0.2) is 8.42 Å². The fourth-order valence-corrected chi connectivity index (χ4v) is 5.38. The monoisotopic (exact) mass is 438 g/mol. The Morgan fingerprint density at radius 2 is 1.53 bits per heavy atom. The second kappa shape index (κ2) is 10.1. The van der Waals surface area contributed by atoms with Crippen LogP contribution in [0.4, 0.5) is 0 Å². The van der Waals surface area contributed by atoms with E-state index in [1.54, 1.807) is 36.0 Å². The van der Waals surface area contributed by atoms with Crippen LogP contribution in [0.5, 0.6) is 0 Å². The number of hydrogen-bond donors (Lipinski definition) is 0. The molecule has 3 rings (SSSR count). The third-order valence-electron chi connectivity index (χ3n) is 4.79. The predicted molar refractivity (Wildman–Crippen MR) is 124 cm³/mol. The van der Waals surface area contributed by atoms with Crippen molar-refractivity contribution in [3.05, 3.63) is 95.1 Å². The summed E-state index contributed by atoms with van der Waals surface area (Å²) in [5.41, 5.74) is 3.88. The molecule has 0 saturated carbocycles. The topological polar surface area (TPSA) is 51.2 Å². The molecule has 3 nitrogen and oxygen atoms in total. The van der Waals surface area contributed by atoms with Gasteiger partial charge in [0.15, 0.2) is 9.84 Å². The maximum Gasteiger partial charge on any atom is 0.182 e. The normalized spacial score (nSPS) is 11.4. The first-order valence-electron chi connectivity index (χ1n) is 9.90. The fraction of sp³-hybridized carbons (Fsp3) is 0.240. The molecule has 0 radical (unpaired) electrons. The molecule has 0 spiro atoms. The zero-order valence-electron chi connectivity index (χ0n) is 17.3. The van der Waals surface area contributed by atoms with Gasteiger partial charge >= 0.3 is 0 Å². The summed E-state index contributed by atoms with van der Waals surface area (Å²) in [6.45, 7) is 4.00. The molecule has 5 heteroatoms. The number of Topliss-reactive ketones (excluding diaryl/α,β-unsaturated/α-hetero) is 1. The van der Waals surface area contributed by atoms with E-state index in [1.165, 1.54) is 5.56 Å². The van der Waals surface area contributed by atoms with Crippen LogP contribution >= 0.6 is 11.8 Å². The quantitative estimate of drug-likeness (QED) is 0.410. The Kier molecular flexibility index (Phi) is 7.51. The Bertz CT molecular complexity index is 1100. The molecule has 156 valence electrons. The summed E-state index contributed by atoms with van der Waals surface area (Å²) >= 11 is 1.68. The molecule has 3 aromatic rings. The average molecular weight is 439 g/mol. The van der Waals surface area contributed by atoms with Crippen molar-refractivity contribution in [1.29, 1.82) is 0 Å². The number of rotatable bonds is 9. The highest BCUT2D eigenvalue weighted by atomic mass is 32.2. The van der Waals surface area contributed by atoms with Crippen molar-refractivity contribution in [3.8, 4) is 0 Å². The molecule has 0 unspecified atom stereocenters. The van der Waals surface area contributed by atoms with E-state index in [2.05, 4.69) is 31.2 Å². The van der Waals surface area contributed by atoms with Crippen molar-refractivity contribution in [2.45, 2.75) is 42.2 Å². The van der Waals surface area contributed by atoms with Crippen molar-refractivity contribution >= 4 is 27.4 Å². The van der Waals surface area contributed by atoms with Crippen LogP contribution in [0.1, 0.15) is 28.7 Å². The van der Waals surface area contributed by atoms with Gasteiger partial charge in [0.25, 0.3) is 0 Å². The van der Waals surface area contributed by atoms with Gasteiger partial charge in [-0.1, -0.05) is 59.7 Å². The molecular formula is C25H26O3S2. The Balaban J connectivity index is 1.53. The highest BCUT2D eigenvalue weighted by Gasteiger charge is 2.16. The van der Waals surface area contributed by atoms with Gasteiger partial charge in [-0.15, -0.1) is 11.8 Å². The Labute approximate surface area is 183 Å². The molecule has 0 N–H and O–H groups in total.